The number of carbonyl (C=O) groups is 1. The van der Waals surface area contributed by atoms with Crippen molar-refractivity contribution in [3.8, 4) is 5.75 Å². The Kier molecular flexibility index (Phi) is 5.82. The molecule has 0 radical (unpaired) electrons. The number of carbonyl (C=O) groups excluding carboxylic acids is 1. The number of anilines is 1. The Labute approximate surface area is 120 Å². The first-order valence-electron chi connectivity index (χ1n) is 6.66. The second-order valence-corrected chi connectivity index (χ2v) is 5.32. The normalized spacial score (nSPS) is 11.2. The molecule has 0 unspecified atom stereocenters. The van der Waals surface area contributed by atoms with Crippen molar-refractivity contribution in [3.63, 3.8) is 0 Å². The van der Waals surface area contributed by atoms with Crippen LogP contribution in [0.25, 0.3) is 0 Å². The van der Waals surface area contributed by atoms with Crippen LogP contribution in [0.3, 0.4) is 0 Å². The van der Waals surface area contributed by atoms with E-state index >= 15 is 0 Å². The van der Waals surface area contributed by atoms with Gasteiger partial charge in [-0.2, -0.15) is 0 Å². The highest BCUT2D eigenvalue weighted by Gasteiger charge is 2.12. The van der Waals surface area contributed by atoms with Crippen molar-refractivity contribution >= 4 is 11.7 Å². The first-order chi connectivity index (χ1) is 9.31. The molecule has 0 bridgehead atoms. The summed E-state index contributed by atoms with van der Waals surface area (Å²) in [5.41, 5.74) is 6.33. The number of hydrogen-bond donors (Lipinski definition) is 1. The number of nitrogens with two attached hydrogens (primary N) is 1. The smallest absolute Gasteiger partial charge is 0.338 e. The number of nitrogen functional groups attached to an aromatic ring is 1. The van der Waals surface area contributed by atoms with Gasteiger partial charge in [0.1, 0.15) is 12.4 Å². The molecule has 5 heteroatoms. The first-order valence-corrected chi connectivity index (χ1v) is 6.66. The van der Waals surface area contributed by atoms with Crippen molar-refractivity contribution in [3.05, 3.63) is 23.8 Å². The molecule has 0 aromatic heterocycles. The van der Waals surface area contributed by atoms with E-state index in [9.17, 15) is 4.79 Å². The van der Waals surface area contributed by atoms with Crippen molar-refractivity contribution < 1.29 is 19.0 Å². The van der Waals surface area contributed by atoms with Crippen LogP contribution in [0.5, 0.6) is 5.75 Å². The second kappa shape index (κ2) is 7.14. The van der Waals surface area contributed by atoms with Crippen LogP contribution in [0.2, 0.25) is 0 Å². The van der Waals surface area contributed by atoms with E-state index in [1.165, 1.54) is 0 Å². The van der Waals surface area contributed by atoms with Crippen LogP contribution < -0.4 is 10.5 Å². The molecule has 0 saturated carbocycles. The topological polar surface area (TPSA) is 70.8 Å². The Hall–Kier alpha value is -1.75. The average molecular weight is 281 g/mol. The third-order valence-corrected chi connectivity index (χ3v) is 2.33. The minimum absolute atomic E-state index is 0.203. The highest BCUT2D eigenvalue weighted by molar-refractivity contribution is 5.91. The predicted octanol–water partition coefficient (Wildman–Crippen LogP) is 2.64. The Morgan fingerprint density at radius 3 is 2.50 bits per heavy atom. The minimum atomic E-state index is -0.434. The van der Waals surface area contributed by atoms with Crippen molar-refractivity contribution in [2.45, 2.75) is 33.3 Å². The van der Waals surface area contributed by atoms with E-state index < -0.39 is 5.97 Å². The summed E-state index contributed by atoms with van der Waals surface area (Å²) in [4.78, 5) is 11.9. The molecule has 5 nitrogen and oxygen atoms in total. The molecule has 1 aromatic rings. The van der Waals surface area contributed by atoms with Crippen LogP contribution in [-0.2, 0) is 9.47 Å². The molecule has 1 rings (SSSR count). The van der Waals surface area contributed by atoms with E-state index in [2.05, 4.69) is 0 Å². The largest absolute Gasteiger partial charge is 0.494 e. The lowest BCUT2D eigenvalue weighted by molar-refractivity contribution is -0.0281. The van der Waals surface area contributed by atoms with E-state index in [0.29, 0.717) is 30.2 Å². The summed E-state index contributed by atoms with van der Waals surface area (Å²) in [7, 11) is 0. The number of esters is 1. The van der Waals surface area contributed by atoms with E-state index in [4.69, 9.17) is 19.9 Å². The van der Waals surface area contributed by atoms with Gasteiger partial charge in [0.15, 0.2) is 0 Å². The Morgan fingerprint density at radius 2 is 1.90 bits per heavy atom. The lowest BCUT2D eigenvalue weighted by atomic mass is 10.2. The zero-order valence-corrected chi connectivity index (χ0v) is 12.6. The van der Waals surface area contributed by atoms with Gasteiger partial charge in [-0.3, -0.25) is 0 Å². The van der Waals surface area contributed by atoms with Crippen LogP contribution in [-0.4, -0.2) is 31.4 Å². The molecular weight excluding hydrogens is 258 g/mol. The molecule has 0 heterocycles. The summed E-state index contributed by atoms with van der Waals surface area (Å²) in [6.45, 7) is 8.77. The van der Waals surface area contributed by atoms with Crippen LogP contribution in [0, 0.1) is 0 Å². The highest BCUT2D eigenvalue weighted by atomic mass is 16.6. The molecule has 20 heavy (non-hydrogen) atoms. The van der Waals surface area contributed by atoms with E-state index in [-0.39, 0.29) is 12.2 Å². The van der Waals surface area contributed by atoms with Crippen LogP contribution >= 0.6 is 0 Å². The molecule has 0 amide bonds. The van der Waals surface area contributed by atoms with Gasteiger partial charge in [0.05, 0.1) is 24.4 Å². The zero-order chi connectivity index (χ0) is 15.2. The van der Waals surface area contributed by atoms with Gasteiger partial charge < -0.3 is 19.9 Å². The summed E-state index contributed by atoms with van der Waals surface area (Å²) in [6, 6.07) is 4.85. The summed E-state index contributed by atoms with van der Waals surface area (Å²) in [5.74, 6) is 0.126. The second-order valence-electron chi connectivity index (χ2n) is 5.32. The lowest BCUT2D eigenvalue weighted by Gasteiger charge is -2.19. The number of rotatable bonds is 6. The number of ether oxygens (including phenoxy) is 3. The van der Waals surface area contributed by atoms with Crippen LogP contribution in [0.1, 0.15) is 38.1 Å². The third-order valence-electron chi connectivity index (χ3n) is 2.33. The summed E-state index contributed by atoms with van der Waals surface area (Å²) in [6.07, 6.45) is 0. The van der Waals surface area contributed by atoms with Crippen molar-refractivity contribution in [1.29, 1.82) is 0 Å². The van der Waals surface area contributed by atoms with E-state index in [1.54, 1.807) is 18.2 Å². The summed E-state index contributed by atoms with van der Waals surface area (Å²) >= 11 is 0. The standard InChI is InChI=1S/C15H23NO4/c1-5-18-13-9-11(8-12(16)10-13)14(17)19-6-7-20-15(2,3)4/h8-10H,5-7,16H2,1-4H3. The molecule has 0 saturated heterocycles. The summed E-state index contributed by atoms with van der Waals surface area (Å²) in [5, 5.41) is 0. The molecular formula is C15H23NO4. The number of benzene rings is 1. The minimum Gasteiger partial charge on any atom is -0.494 e. The maximum absolute atomic E-state index is 11.9. The molecule has 0 aliphatic heterocycles. The Balaban J connectivity index is 2.55. The molecule has 2 N–H and O–H groups in total. The van der Waals surface area contributed by atoms with Crippen LogP contribution in [0.15, 0.2) is 18.2 Å². The summed E-state index contributed by atoms with van der Waals surface area (Å²) < 4.78 is 15.9. The number of hydrogen-bond acceptors (Lipinski definition) is 5. The van der Waals surface area contributed by atoms with Gasteiger partial charge in [-0.1, -0.05) is 0 Å². The molecule has 0 aliphatic rings. The monoisotopic (exact) mass is 281 g/mol. The SMILES string of the molecule is CCOc1cc(N)cc(C(=O)OCCOC(C)(C)C)c1. The van der Waals surface area contributed by atoms with E-state index in [0.717, 1.165) is 0 Å². The van der Waals surface area contributed by atoms with Gasteiger partial charge in [0.2, 0.25) is 0 Å². The first kappa shape index (κ1) is 16.3. The van der Waals surface area contributed by atoms with Gasteiger partial charge in [-0.15, -0.1) is 0 Å². The predicted molar refractivity (Wildman–Crippen MR) is 78.0 cm³/mol. The fourth-order valence-electron chi connectivity index (χ4n) is 1.56. The molecule has 112 valence electrons. The van der Waals surface area contributed by atoms with Crippen LogP contribution in [0.4, 0.5) is 5.69 Å². The zero-order valence-electron chi connectivity index (χ0n) is 12.6. The molecule has 0 spiro atoms. The quantitative estimate of drug-likeness (QED) is 0.493. The van der Waals surface area contributed by atoms with Crippen molar-refractivity contribution in [1.82, 2.24) is 0 Å². The van der Waals surface area contributed by atoms with Crippen molar-refractivity contribution in [2.24, 2.45) is 0 Å². The third kappa shape index (κ3) is 5.93. The van der Waals surface area contributed by atoms with E-state index in [1.807, 2.05) is 27.7 Å². The van der Waals surface area contributed by atoms with Gasteiger partial charge in [-0.05, 0) is 39.8 Å². The van der Waals surface area contributed by atoms with Gasteiger partial charge >= 0.3 is 5.97 Å². The Bertz CT molecular complexity index is 452. The fraction of sp³-hybridized carbons (Fsp3) is 0.533. The fourth-order valence-corrected chi connectivity index (χ4v) is 1.56. The molecule has 0 fully saturated rings. The molecule has 1 aromatic carbocycles. The van der Waals surface area contributed by atoms with Gasteiger partial charge in [-0.25, -0.2) is 4.79 Å². The van der Waals surface area contributed by atoms with Gasteiger partial charge in [0, 0.05) is 11.8 Å². The lowest BCUT2D eigenvalue weighted by Crippen LogP contribution is -2.22. The Morgan fingerprint density at radius 1 is 1.20 bits per heavy atom. The highest BCUT2D eigenvalue weighted by Crippen LogP contribution is 2.19. The maximum atomic E-state index is 11.9. The maximum Gasteiger partial charge on any atom is 0.338 e. The van der Waals surface area contributed by atoms with Gasteiger partial charge in [0.25, 0.3) is 0 Å². The average Bonchev–Trinajstić information content (AvgIpc) is 2.33. The molecule has 0 aliphatic carbocycles. The molecule has 0 atom stereocenters. The van der Waals surface area contributed by atoms with Crippen molar-refractivity contribution in [2.75, 3.05) is 25.6 Å².